The zero-order valence-corrected chi connectivity index (χ0v) is 18.5. The molecule has 3 aromatic rings. The highest BCUT2D eigenvalue weighted by Crippen LogP contribution is 2.29. The van der Waals surface area contributed by atoms with E-state index in [1.54, 1.807) is 36.4 Å². The van der Waals surface area contributed by atoms with Crippen molar-refractivity contribution in [1.82, 2.24) is 10.0 Å². The van der Waals surface area contributed by atoms with E-state index in [0.29, 0.717) is 0 Å². The number of nitrogens with zero attached hydrogens (tertiary/aromatic N) is 1. The molecule has 0 bridgehead atoms. The first-order valence-corrected chi connectivity index (χ1v) is 11.4. The van der Waals surface area contributed by atoms with Gasteiger partial charge in [0, 0.05) is 25.2 Å². The number of benzene rings is 3. The van der Waals surface area contributed by atoms with Gasteiger partial charge >= 0.3 is 6.03 Å². The molecule has 0 saturated heterocycles. The summed E-state index contributed by atoms with van der Waals surface area (Å²) in [5.74, 6) is -1.31. The van der Waals surface area contributed by atoms with Crippen molar-refractivity contribution >= 4 is 27.6 Å². The third kappa shape index (κ3) is 6.01. The summed E-state index contributed by atoms with van der Waals surface area (Å²) in [7, 11) is -2.70. The maximum absolute atomic E-state index is 13.2. The van der Waals surface area contributed by atoms with Gasteiger partial charge in [-0.15, -0.1) is 0 Å². The third-order valence-corrected chi connectivity index (χ3v) is 6.19. The molecule has 33 heavy (non-hydrogen) atoms. The van der Waals surface area contributed by atoms with Crippen LogP contribution in [-0.4, -0.2) is 43.7 Å². The number of nitrogens with one attached hydrogen (secondary N) is 2. The van der Waals surface area contributed by atoms with Crippen LogP contribution in [0.4, 0.5) is 10.5 Å². The molecule has 3 aromatic carbocycles. The lowest BCUT2D eigenvalue weighted by molar-refractivity contribution is -0.120. The first-order chi connectivity index (χ1) is 15.7. The van der Waals surface area contributed by atoms with E-state index in [9.17, 15) is 28.2 Å². The first-order valence-electron chi connectivity index (χ1n) is 9.89. The molecule has 0 spiro atoms. The van der Waals surface area contributed by atoms with Crippen molar-refractivity contribution in [2.45, 2.75) is 17.4 Å². The number of aromatic hydroxyl groups is 2. The Morgan fingerprint density at radius 2 is 1.52 bits per heavy atom. The van der Waals surface area contributed by atoms with E-state index < -0.39 is 33.8 Å². The lowest BCUT2D eigenvalue weighted by Crippen LogP contribution is -2.52. The van der Waals surface area contributed by atoms with E-state index in [2.05, 4.69) is 5.32 Å². The first kappa shape index (κ1) is 23.6. The highest BCUT2D eigenvalue weighted by atomic mass is 32.2. The Balaban J connectivity index is 1.82. The average molecular weight is 470 g/mol. The number of hydrogen-bond donors (Lipinski definition) is 4. The number of phenolic OH excluding ortho intramolecular Hbond substituents is 2. The minimum Gasteiger partial charge on any atom is -0.504 e. The summed E-state index contributed by atoms with van der Waals surface area (Å²) in [5, 5.41) is 21.7. The summed E-state index contributed by atoms with van der Waals surface area (Å²) >= 11 is 0. The van der Waals surface area contributed by atoms with Crippen molar-refractivity contribution in [2.24, 2.45) is 0 Å². The van der Waals surface area contributed by atoms with Gasteiger partial charge in [-0.2, -0.15) is 0 Å². The standard InChI is InChI=1S/C23H23N3O6S/c1-26(17-12-13-20(27)21(28)15-17)22(29)19(14-16-8-4-2-5-9-16)24-23(30)25-33(31,32)18-10-6-3-7-11-18/h2-13,15,19,27-28H,14H2,1H3,(H2,24,25,30). The van der Waals surface area contributed by atoms with Crippen molar-refractivity contribution in [1.29, 1.82) is 0 Å². The molecular formula is C23H23N3O6S. The van der Waals surface area contributed by atoms with Crippen LogP contribution in [0.3, 0.4) is 0 Å². The second-order valence-electron chi connectivity index (χ2n) is 7.20. The van der Waals surface area contributed by atoms with Gasteiger partial charge in [-0.05, 0) is 29.8 Å². The molecule has 0 saturated carbocycles. The highest BCUT2D eigenvalue weighted by molar-refractivity contribution is 7.90. The molecular weight excluding hydrogens is 446 g/mol. The smallest absolute Gasteiger partial charge is 0.329 e. The molecule has 10 heteroatoms. The minimum absolute atomic E-state index is 0.0902. The molecule has 172 valence electrons. The topological polar surface area (TPSA) is 136 Å². The fourth-order valence-electron chi connectivity index (χ4n) is 3.10. The molecule has 0 aromatic heterocycles. The van der Waals surface area contributed by atoms with Crippen LogP contribution in [0.1, 0.15) is 5.56 Å². The summed E-state index contributed by atoms with van der Waals surface area (Å²) in [6.07, 6.45) is 0.0902. The Morgan fingerprint density at radius 3 is 2.12 bits per heavy atom. The molecule has 1 atom stereocenters. The van der Waals surface area contributed by atoms with Crippen LogP contribution in [0.25, 0.3) is 0 Å². The Bertz CT molecular complexity index is 1230. The zero-order valence-electron chi connectivity index (χ0n) is 17.7. The van der Waals surface area contributed by atoms with Crippen LogP contribution in [0, 0.1) is 0 Å². The number of amides is 3. The lowest BCUT2D eigenvalue weighted by atomic mass is 10.0. The van der Waals surface area contributed by atoms with Crippen molar-refractivity contribution in [3.63, 3.8) is 0 Å². The highest BCUT2D eigenvalue weighted by Gasteiger charge is 2.27. The quantitative estimate of drug-likeness (QED) is 0.392. The van der Waals surface area contributed by atoms with Gasteiger partial charge in [0.15, 0.2) is 11.5 Å². The van der Waals surface area contributed by atoms with Crippen LogP contribution in [-0.2, 0) is 21.2 Å². The predicted molar refractivity (Wildman–Crippen MR) is 122 cm³/mol. The Kier molecular flexibility index (Phi) is 7.19. The molecule has 0 aliphatic heterocycles. The van der Waals surface area contributed by atoms with Gasteiger partial charge in [-0.3, -0.25) is 4.79 Å². The van der Waals surface area contributed by atoms with Gasteiger partial charge in [0.1, 0.15) is 6.04 Å². The second-order valence-corrected chi connectivity index (χ2v) is 8.89. The Morgan fingerprint density at radius 1 is 0.909 bits per heavy atom. The number of phenols is 2. The summed E-state index contributed by atoms with van der Waals surface area (Å²) in [5.41, 5.74) is 1.01. The number of carbonyl (C=O) groups excluding carboxylic acids is 2. The van der Waals surface area contributed by atoms with Crippen molar-refractivity contribution in [2.75, 3.05) is 11.9 Å². The molecule has 1 unspecified atom stereocenters. The van der Waals surface area contributed by atoms with Gasteiger partial charge in [0.05, 0.1) is 4.90 Å². The SMILES string of the molecule is CN(C(=O)C(Cc1ccccc1)NC(=O)NS(=O)(=O)c1ccccc1)c1ccc(O)c(O)c1. The number of sulfonamides is 1. The van der Waals surface area contributed by atoms with Gasteiger partial charge in [-0.1, -0.05) is 48.5 Å². The van der Waals surface area contributed by atoms with Crippen LogP contribution in [0.15, 0.2) is 83.8 Å². The van der Waals surface area contributed by atoms with E-state index >= 15 is 0 Å². The third-order valence-electron chi connectivity index (χ3n) is 4.84. The monoisotopic (exact) mass is 469 g/mol. The number of anilines is 1. The van der Waals surface area contributed by atoms with Gasteiger partial charge in [0.2, 0.25) is 5.91 Å². The largest absolute Gasteiger partial charge is 0.504 e. The molecule has 0 aliphatic rings. The Labute approximate surface area is 191 Å². The van der Waals surface area contributed by atoms with Crippen LogP contribution in [0.2, 0.25) is 0 Å². The normalized spacial score (nSPS) is 11.9. The summed E-state index contributed by atoms with van der Waals surface area (Å²) in [6, 6.07) is 17.9. The maximum Gasteiger partial charge on any atom is 0.329 e. The number of urea groups is 1. The second kappa shape index (κ2) is 10.0. The summed E-state index contributed by atoms with van der Waals surface area (Å²) < 4.78 is 26.8. The van der Waals surface area contributed by atoms with Gasteiger partial charge in [0.25, 0.3) is 10.0 Å². The van der Waals surface area contributed by atoms with Crippen LogP contribution < -0.4 is 14.9 Å². The molecule has 0 aliphatic carbocycles. The zero-order chi connectivity index (χ0) is 24.0. The fourth-order valence-corrected chi connectivity index (χ4v) is 4.04. The van der Waals surface area contributed by atoms with E-state index in [-0.39, 0.29) is 22.8 Å². The molecule has 3 amide bonds. The molecule has 3 rings (SSSR count). The summed E-state index contributed by atoms with van der Waals surface area (Å²) in [6.45, 7) is 0. The molecule has 0 heterocycles. The minimum atomic E-state index is -4.13. The number of rotatable bonds is 7. The van der Waals surface area contributed by atoms with Crippen LogP contribution in [0.5, 0.6) is 11.5 Å². The number of carbonyl (C=O) groups is 2. The van der Waals surface area contributed by atoms with Crippen molar-refractivity contribution in [3.05, 3.63) is 84.4 Å². The van der Waals surface area contributed by atoms with E-state index in [1.165, 1.54) is 54.4 Å². The summed E-state index contributed by atoms with van der Waals surface area (Å²) in [4.78, 5) is 26.9. The van der Waals surface area contributed by atoms with E-state index in [0.717, 1.165) is 5.56 Å². The predicted octanol–water partition coefficient (Wildman–Crippen LogP) is 2.36. The fraction of sp³-hybridized carbons (Fsp3) is 0.130. The molecule has 0 radical (unpaired) electrons. The van der Waals surface area contributed by atoms with Crippen molar-refractivity contribution in [3.8, 4) is 11.5 Å². The lowest BCUT2D eigenvalue weighted by Gasteiger charge is -2.25. The van der Waals surface area contributed by atoms with Crippen LogP contribution >= 0.6 is 0 Å². The number of hydrogen-bond acceptors (Lipinski definition) is 6. The Hall–Kier alpha value is -4.05. The van der Waals surface area contributed by atoms with Gasteiger partial charge in [-0.25, -0.2) is 17.9 Å². The average Bonchev–Trinajstić information content (AvgIpc) is 2.80. The molecule has 4 N–H and O–H groups in total. The number of likely N-dealkylation sites (N-methyl/N-ethyl adjacent to an activating group) is 1. The van der Waals surface area contributed by atoms with Gasteiger partial charge < -0.3 is 20.4 Å². The molecule has 9 nitrogen and oxygen atoms in total. The van der Waals surface area contributed by atoms with Crippen molar-refractivity contribution < 1.29 is 28.2 Å². The molecule has 0 fully saturated rings. The van der Waals surface area contributed by atoms with E-state index in [4.69, 9.17) is 0 Å². The van der Waals surface area contributed by atoms with E-state index in [1.807, 2.05) is 4.72 Å². The maximum atomic E-state index is 13.2.